The summed E-state index contributed by atoms with van der Waals surface area (Å²) < 4.78 is 36.4. The van der Waals surface area contributed by atoms with Crippen molar-refractivity contribution in [2.45, 2.75) is 38.9 Å². The van der Waals surface area contributed by atoms with Crippen molar-refractivity contribution in [2.75, 3.05) is 13.1 Å². The fourth-order valence-electron chi connectivity index (χ4n) is 1.16. The van der Waals surface area contributed by atoms with E-state index in [1.807, 2.05) is 0 Å². The van der Waals surface area contributed by atoms with E-state index in [-0.39, 0.29) is 6.54 Å². The molecule has 0 aliphatic rings. The second-order valence-corrected chi connectivity index (χ2v) is 3.39. The molecule has 0 aromatic carbocycles. The highest BCUT2D eigenvalue weighted by Crippen LogP contribution is 2.17. The van der Waals surface area contributed by atoms with E-state index < -0.39 is 24.7 Å². The average molecular weight is 226 g/mol. The van der Waals surface area contributed by atoms with Gasteiger partial charge in [0, 0.05) is 6.54 Å². The number of hydrogen-bond donors (Lipinski definition) is 1. The van der Waals surface area contributed by atoms with Crippen molar-refractivity contribution in [2.24, 2.45) is 5.73 Å². The molecule has 0 aliphatic carbocycles. The molecule has 0 saturated carbocycles. The fraction of sp³-hybridized carbons (Fsp3) is 0.889. The number of hydrogen-bond acceptors (Lipinski definition) is 2. The topological polar surface area (TPSA) is 46.3 Å². The zero-order valence-corrected chi connectivity index (χ0v) is 8.97. The van der Waals surface area contributed by atoms with E-state index in [0.29, 0.717) is 12.8 Å². The van der Waals surface area contributed by atoms with Gasteiger partial charge in [-0.3, -0.25) is 4.79 Å². The summed E-state index contributed by atoms with van der Waals surface area (Å²) in [7, 11) is 0. The van der Waals surface area contributed by atoms with Crippen molar-refractivity contribution < 1.29 is 18.0 Å². The van der Waals surface area contributed by atoms with E-state index in [1.165, 1.54) is 0 Å². The highest BCUT2D eigenvalue weighted by atomic mass is 19.4. The first-order valence-corrected chi connectivity index (χ1v) is 4.93. The van der Waals surface area contributed by atoms with Crippen molar-refractivity contribution in [1.29, 1.82) is 0 Å². The lowest BCUT2D eigenvalue weighted by atomic mass is 10.2. The van der Waals surface area contributed by atoms with Crippen LogP contribution in [0.4, 0.5) is 13.2 Å². The van der Waals surface area contributed by atoms with Gasteiger partial charge in [-0.2, -0.15) is 13.2 Å². The molecular weight excluding hydrogens is 209 g/mol. The molecule has 90 valence electrons. The maximum atomic E-state index is 12.1. The van der Waals surface area contributed by atoms with Crippen LogP contribution in [0, 0.1) is 0 Å². The van der Waals surface area contributed by atoms with Crippen LogP contribution in [0.1, 0.15) is 26.7 Å². The Morgan fingerprint density at radius 3 is 2.27 bits per heavy atom. The Balaban J connectivity index is 4.45. The van der Waals surface area contributed by atoms with E-state index in [2.05, 4.69) is 0 Å². The van der Waals surface area contributed by atoms with Crippen molar-refractivity contribution >= 4 is 5.91 Å². The van der Waals surface area contributed by atoms with Crippen molar-refractivity contribution in [3.05, 3.63) is 0 Å². The van der Waals surface area contributed by atoms with Crippen LogP contribution >= 0.6 is 0 Å². The largest absolute Gasteiger partial charge is 0.406 e. The standard InChI is InChI=1S/C9H17F3N2O/c1-3-5-14(6-9(10,11)12)8(15)7(13)4-2/h7H,3-6,13H2,1-2H3/t7-/m1/s1. The number of carbonyl (C=O) groups is 1. The van der Waals surface area contributed by atoms with Crippen LogP contribution in [-0.4, -0.2) is 36.1 Å². The molecule has 0 aliphatic heterocycles. The molecule has 2 N–H and O–H groups in total. The predicted molar refractivity (Wildman–Crippen MR) is 51.2 cm³/mol. The van der Waals surface area contributed by atoms with E-state index in [0.717, 1.165) is 4.90 Å². The molecule has 0 saturated heterocycles. The third kappa shape index (κ3) is 5.61. The third-order valence-corrected chi connectivity index (χ3v) is 1.93. The highest BCUT2D eigenvalue weighted by Gasteiger charge is 2.33. The van der Waals surface area contributed by atoms with E-state index in [4.69, 9.17) is 5.73 Å². The Labute approximate surface area is 87.4 Å². The molecule has 0 rings (SSSR count). The molecular formula is C9H17F3N2O. The van der Waals surface area contributed by atoms with Gasteiger partial charge in [0.25, 0.3) is 0 Å². The van der Waals surface area contributed by atoms with E-state index in [1.54, 1.807) is 13.8 Å². The normalized spacial score (nSPS) is 13.7. The van der Waals surface area contributed by atoms with Gasteiger partial charge in [-0.1, -0.05) is 13.8 Å². The van der Waals surface area contributed by atoms with Crippen molar-refractivity contribution in [1.82, 2.24) is 4.90 Å². The molecule has 0 spiro atoms. The number of halogens is 3. The number of carbonyl (C=O) groups excluding carboxylic acids is 1. The molecule has 15 heavy (non-hydrogen) atoms. The SMILES string of the molecule is CCCN(CC(F)(F)F)C(=O)[C@H](N)CC. The van der Waals surface area contributed by atoms with Gasteiger partial charge in [0.15, 0.2) is 0 Å². The average Bonchev–Trinajstić information content (AvgIpc) is 2.13. The van der Waals surface area contributed by atoms with Crippen molar-refractivity contribution in [3.63, 3.8) is 0 Å². The molecule has 6 heteroatoms. The minimum Gasteiger partial charge on any atom is -0.332 e. The number of nitrogens with two attached hydrogens (primary N) is 1. The smallest absolute Gasteiger partial charge is 0.332 e. The van der Waals surface area contributed by atoms with Gasteiger partial charge in [-0.25, -0.2) is 0 Å². The molecule has 0 aromatic rings. The molecule has 0 bridgehead atoms. The Kier molecular flexibility index (Phi) is 5.64. The lowest BCUT2D eigenvalue weighted by Gasteiger charge is -2.25. The Morgan fingerprint density at radius 1 is 1.40 bits per heavy atom. The van der Waals surface area contributed by atoms with Crippen LogP contribution in [0.3, 0.4) is 0 Å². The minimum absolute atomic E-state index is 0.0893. The lowest BCUT2D eigenvalue weighted by molar-refractivity contribution is -0.162. The van der Waals surface area contributed by atoms with Gasteiger partial charge in [0.05, 0.1) is 6.04 Å². The van der Waals surface area contributed by atoms with Crippen LogP contribution in [0.5, 0.6) is 0 Å². The summed E-state index contributed by atoms with van der Waals surface area (Å²) in [5.74, 6) is -0.628. The molecule has 1 amide bonds. The van der Waals surface area contributed by atoms with Gasteiger partial charge in [-0.05, 0) is 12.8 Å². The zero-order chi connectivity index (χ0) is 12.1. The summed E-state index contributed by atoms with van der Waals surface area (Å²) in [6.45, 7) is 2.26. The predicted octanol–water partition coefficient (Wildman–Crippen LogP) is 1.52. The first-order valence-electron chi connectivity index (χ1n) is 4.93. The summed E-state index contributed by atoms with van der Waals surface area (Å²) >= 11 is 0. The van der Waals surface area contributed by atoms with Crippen LogP contribution in [-0.2, 0) is 4.79 Å². The molecule has 3 nitrogen and oxygen atoms in total. The summed E-state index contributed by atoms with van der Waals surface area (Å²) in [5, 5.41) is 0. The van der Waals surface area contributed by atoms with Crippen molar-refractivity contribution in [3.8, 4) is 0 Å². The van der Waals surface area contributed by atoms with E-state index >= 15 is 0 Å². The molecule has 0 heterocycles. The number of nitrogens with zero attached hydrogens (tertiary/aromatic N) is 1. The molecule has 0 unspecified atom stereocenters. The van der Waals surface area contributed by atoms with E-state index in [9.17, 15) is 18.0 Å². The number of rotatable bonds is 5. The maximum Gasteiger partial charge on any atom is 0.406 e. The van der Waals surface area contributed by atoms with Crippen LogP contribution in [0.25, 0.3) is 0 Å². The Morgan fingerprint density at radius 2 is 1.93 bits per heavy atom. The highest BCUT2D eigenvalue weighted by molar-refractivity contribution is 5.81. The Bertz CT molecular complexity index is 206. The van der Waals surface area contributed by atoms with Gasteiger partial charge in [0.2, 0.25) is 5.91 Å². The maximum absolute atomic E-state index is 12.1. The monoisotopic (exact) mass is 226 g/mol. The first-order chi connectivity index (χ1) is 6.81. The second-order valence-electron chi connectivity index (χ2n) is 3.39. The van der Waals surface area contributed by atoms with Crippen LogP contribution < -0.4 is 5.73 Å². The van der Waals surface area contributed by atoms with Gasteiger partial charge in [0.1, 0.15) is 6.54 Å². The molecule has 0 fully saturated rings. The number of amides is 1. The van der Waals surface area contributed by atoms with Gasteiger partial charge < -0.3 is 10.6 Å². The van der Waals surface area contributed by atoms with Crippen LogP contribution in [0.2, 0.25) is 0 Å². The molecule has 0 radical (unpaired) electrons. The molecule has 1 atom stereocenters. The minimum atomic E-state index is -4.36. The summed E-state index contributed by atoms with van der Waals surface area (Å²) in [6, 6.07) is -0.834. The summed E-state index contributed by atoms with van der Waals surface area (Å²) in [4.78, 5) is 12.2. The second kappa shape index (κ2) is 5.95. The first kappa shape index (κ1) is 14.2. The van der Waals surface area contributed by atoms with Gasteiger partial charge in [-0.15, -0.1) is 0 Å². The quantitative estimate of drug-likeness (QED) is 0.772. The molecule has 0 aromatic heterocycles. The summed E-state index contributed by atoms with van der Waals surface area (Å²) in [5.41, 5.74) is 5.41. The van der Waals surface area contributed by atoms with Gasteiger partial charge >= 0.3 is 6.18 Å². The Hall–Kier alpha value is -0.780. The fourth-order valence-corrected chi connectivity index (χ4v) is 1.16. The summed E-state index contributed by atoms with van der Waals surface area (Å²) in [6.07, 6.45) is -3.53. The lowest BCUT2D eigenvalue weighted by Crippen LogP contribution is -2.47. The zero-order valence-electron chi connectivity index (χ0n) is 8.97. The number of alkyl halides is 3. The van der Waals surface area contributed by atoms with Crippen LogP contribution in [0.15, 0.2) is 0 Å². The third-order valence-electron chi connectivity index (χ3n) is 1.93.